The van der Waals surface area contributed by atoms with E-state index in [2.05, 4.69) is 34.7 Å². The standard InChI is InChI=1S/C25H30N4O2/c1-3-4-9-27-21-13-18-12-19(31-2)5-6-20(18)22(28-21)24-14-25(15-24,16-24)29-23(30)17-7-10-26-11-8-17/h5-8,10-12,21,27H,3-4,9,13-16H2,1-2H3,(H,29,30)/t21-,24?,25?/m1/s1. The molecule has 3 aliphatic carbocycles. The molecule has 6 rings (SSSR count). The Kier molecular flexibility index (Phi) is 5.05. The van der Waals surface area contributed by atoms with Crippen LogP contribution in [0.25, 0.3) is 0 Å². The Bertz CT molecular complexity index is 998. The van der Waals surface area contributed by atoms with Gasteiger partial charge in [-0.05, 0) is 73.7 Å². The van der Waals surface area contributed by atoms with E-state index in [1.54, 1.807) is 31.6 Å². The van der Waals surface area contributed by atoms with Gasteiger partial charge < -0.3 is 10.1 Å². The van der Waals surface area contributed by atoms with Gasteiger partial charge >= 0.3 is 0 Å². The van der Waals surface area contributed by atoms with Crippen molar-refractivity contribution in [1.29, 1.82) is 0 Å². The number of aliphatic imine (C=N–C) groups is 1. The first kappa shape index (κ1) is 20.2. The van der Waals surface area contributed by atoms with Crippen LogP contribution >= 0.6 is 0 Å². The lowest BCUT2D eigenvalue weighted by molar-refractivity contribution is -0.0925. The predicted octanol–water partition coefficient (Wildman–Crippen LogP) is 3.50. The molecule has 0 saturated heterocycles. The van der Waals surface area contributed by atoms with Gasteiger partial charge in [-0.25, -0.2) is 0 Å². The second-order valence-electron chi connectivity index (χ2n) is 9.31. The number of nitrogens with one attached hydrogen (secondary N) is 2. The molecule has 0 unspecified atom stereocenters. The van der Waals surface area contributed by atoms with Crippen molar-refractivity contribution in [3.05, 3.63) is 59.4 Å². The lowest BCUT2D eigenvalue weighted by Crippen LogP contribution is -2.77. The van der Waals surface area contributed by atoms with Gasteiger partial charge in [-0.3, -0.25) is 20.1 Å². The number of carbonyl (C=O) groups excluding carboxylic acids is 1. The van der Waals surface area contributed by atoms with Gasteiger partial charge in [0.15, 0.2) is 0 Å². The molecule has 0 radical (unpaired) electrons. The number of methoxy groups -OCH3 is 1. The molecule has 1 aromatic carbocycles. The second kappa shape index (κ2) is 7.75. The molecule has 6 nitrogen and oxygen atoms in total. The number of nitrogens with zero attached hydrogens (tertiary/aromatic N) is 2. The van der Waals surface area contributed by atoms with Crippen LogP contribution in [0.1, 0.15) is 60.5 Å². The fourth-order valence-corrected chi connectivity index (χ4v) is 5.55. The summed E-state index contributed by atoms with van der Waals surface area (Å²) in [6, 6.07) is 9.88. The Labute approximate surface area is 183 Å². The van der Waals surface area contributed by atoms with Gasteiger partial charge in [-0.1, -0.05) is 13.3 Å². The van der Waals surface area contributed by atoms with Crippen molar-refractivity contribution in [2.75, 3.05) is 13.7 Å². The molecule has 1 amide bonds. The molecule has 0 spiro atoms. The highest BCUT2D eigenvalue weighted by atomic mass is 16.5. The molecule has 4 aliphatic rings. The van der Waals surface area contributed by atoms with Crippen LogP contribution in [0.2, 0.25) is 0 Å². The lowest BCUT2D eigenvalue weighted by atomic mass is 9.37. The van der Waals surface area contributed by atoms with Gasteiger partial charge in [0.2, 0.25) is 0 Å². The Balaban J connectivity index is 1.34. The van der Waals surface area contributed by atoms with E-state index in [0.29, 0.717) is 5.56 Å². The zero-order valence-corrected chi connectivity index (χ0v) is 18.3. The minimum absolute atomic E-state index is 0.00877. The highest BCUT2D eigenvalue weighted by Gasteiger charge is 2.71. The summed E-state index contributed by atoms with van der Waals surface area (Å²) in [7, 11) is 1.72. The highest BCUT2D eigenvalue weighted by Crippen LogP contribution is 2.69. The van der Waals surface area contributed by atoms with E-state index in [-0.39, 0.29) is 23.0 Å². The van der Waals surface area contributed by atoms with Crippen LogP contribution in [-0.2, 0) is 6.42 Å². The summed E-state index contributed by atoms with van der Waals surface area (Å²) in [4.78, 5) is 21.8. The van der Waals surface area contributed by atoms with E-state index in [4.69, 9.17) is 9.73 Å². The van der Waals surface area contributed by atoms with Gasteiger partial charge in [0.05, 0.1) is 12.8 Å². The van der Waals surface area contributed by atoms with E-state index in [0.717, 1.165) is 44.4 Å². The summed E-state index contributed by atoms with van der Waals surface area (Å²) in [6.07, 6.45) is 9.52. The second-order valence-corrected chi connectivity index (χ2v) is 9.31. The Morgan fingerprint density at radius 2 is 1.97 bits per heavy atom. The van der Waals surface area contributed by atoms with Crippen molar-refractivity contribution in [3.63, 3.8) is 0 Å². The summed E-state index contributed by atoms with van der Waals surface area (Å²) < 4.78 is 5.47. The van der Waals surface area contributed by atoms with Crippen molar-refractivity contribution >= 4 is 11.6 Å². The Hall–Kier alpha value is -2.73. The SMILES string of the molecule is CCCCN[C@H]1Cc2cc(OC)ccc2C(C23CC(NC(=O)c4ccncc4)(C2)C3)=N1. The molecule has 31 heavy (non-hydrogen) atoms. The average molecular weight is 419 g/mol. The number of hydrogen-bond acceptors (Lipinski definition) is 5. The zero-order chi connectivity index (χ0) is 21.5. The van der Waals surface area contributed by atoms with Gasteiger partial charge in [0, 0.05) is 35.3 Å². The average Bonchev–Trinajstić information content (AvgIpc) is 2.75. The molecule has 3 fully saturated rings. The number of fused-ring (bicyclic) bond motifs is 1. The molecule has 2 aromatic rings. The monoisotopic (exact) mass is 418 g/mol. The quantitative estimate of drug-likeness (QED) is 0.644. The molecule has 2 heterocycles. The van der Waals surface area contributed by atoms with E-state index in [1.807, 2.05) is 6.07 Å². The van der Waals surface area contributed by atoms with Crippen molar-refractivity contribution in [2.24, 2.45) is 10.4 Å². The van der Waals surface area contributed by atoms with E-state index >= 15 is 0 Å². The van der Waals surface area contributed by atoms with Crippen LogP contribution in [0.3, 0.4) is 0 Å². The summed E-state index contributed by atoms with van der Waals surface area (Å²) in [5.74, 6) is 0.886. The predicted molar refractivity (Wildman–Crippen MR) is 121 cm³/mol. The first-order valence-electron chi connectivity index (χ1n) is 11.3. The minimum Gasteiger partial charge on any atom is -0.497 e. The maximum absolute atomic E-state index is 12.6. The molecule has 6 heteroatoms. The van der Waals surface area contributed by atoms with Crippen LogP contribution in [-0.4, -0.2) is 42.0 Å². The zero-order valence-electron chi connectivity index (χ0n) is 18.3. The lowest BCUT2D eigenvalue weighted by Gasteiger charge is -2.71. The number of pyridine rings is 1. The number of benzene rings is 1. The Morgan fingerprint density at radius 3 is 2.68 bits per heavy atom. The fourth-order valence-electron chi connectivity index (χ4n) is 5.55. The third-order valence-electron chi connectivity index (χ3n) is 7.03. The molecule has 1 aromatic heterocycles. The molecule has 1 atom stereocenters. The smallest absolute Gasteiger partial charge is 0.251 e. The number of carbonyl (C=O) groups is 1. The molecular weight excluding hydrogens is 388 g/mol. The van der Waals surface area contributed by atoms with Crippen molar-refractivity contribution < 1.29 is 9.53 Å². The van der Waals surface area contributed by atoms with Crippen molar-refractivity contribution in [2.45, 2.75) is 57.2 Å². The van der Waals surface area contributed by atoms with Crippen molar-refractivity contribution in [3.8, 4) is 5.75 Å². The summed E-state index contributed by atoms with van der Waals surface area (Å²) >= 11 is 0. The van der Waals surface area contributed by atoms with Crippen molar-refractivity contribution in [1.82, 2.24) is 15.6 Å². The van der Waals surface area contributed by atoms with Gasteiger partial charge in [0.25, 0.3) is 5.91 Å². The molecule has 2 N–H and O–H groups in total. The number of aromatic nitrogens is 1. The molecule has 3 saturated carbocycles. The number of unbranched alkanes of at least 4 members (excludes halogenated alkanes) is 1. The summed E-state index contributed by atoms with van der Waals surface area (Å²) in [5, 5.41) is 6.90. The first-order valence-corrected chi connectivity index (χ1v) is 11.3. The van der Waals surface area contributed by atoms with Crippen LogP contribution in [0.4, 0.5) is 0 Å². The van der Waals surface area contributed by atoms with Crippen LogP contribution < -0.4 is 15.4 Å². The normalized spacial score (nSPS) is 27.9. The number of rotatable bonds is 8. The molecule has 2 bridgehead atoms. The molecule has 162 valence electrons. The Morgan fingerprint density at radius 1 is 1.19 bits per heavy atom. The third-order valence-corrected chi connectivity index (χ3v) is 7.03. The van der Waals surface area contributed by atoms with Gasteiger partial charge in [-0.2, -0.15) is 0 Å². The summed E-state index contributed by atoms with van der Waals surface area (Å²) in [5.41, 5.74) is 4.44. The third kappa shape index (κ3) is 3.53. The van der Waals surface area contributed by atoms with Gasteiger partial charge in [-0.15, -0.1) is 0 Å². The topological polar surface area (TPSA) is 75.6 Å². The van der Waals surface area contributed by atoms with E-state index in [1.165, 1.54) is 23.3 Å². The maximum Gasteiger partial charge on any atom is 0.251 e. The van der Waals surface area contributed by atoms with Crippen LogP contribution in [0.15, 0.2) is 47.7 Å². The highest BCUT2D eigenvalue weighted by molar-refractivity contribution is 6.09. The molecule has 1 aliphatic heterocycles. The fraction of sp³-hybridized carbons (Fsp3) is 0.480. The van der Waals surface area contributed by atoms with E-state index < -0.39 is 0 Å². The minimum atomic E-state index is -0.0852. The number of ether oxygens (including phenoxy) is 1. The summed E-state index contributed by atoms with van der Waals surface area (Å²) in [6.45, 7) is 3.19. The molecular formula is C25H30N4O2. The van der Waals surface area contributed by atoms with Gasteiger partial charge in [0.1, 0.15) is 11.9 Å². The van der Waals surface area contributed by atoms with E-state index in [9.17, 15) is 4.79 Å². The maximum atomic E-state index is 12.6. The largest absolute Gasteiger partial charge is 0.497 e. The van der Waals surface area contributed by atoms with Crippen LogP contribution in [0.5, 0.6) is 5.75 Å². The number of hydrogen-bond donors (Lipinski definition) is 2. The van der Waals surface area contributed by atoms with Crippen LogP contribution in [0, 0.1) is 5.41 Å². The first-order chi connectivity index (χ1) is 15.1. The number of amides is 1.